The summed E-state index contributed by atoms with van der Waals surface area (Å²) in [5.41, 5.74) is 2.32. The molecule has 88 valence electrons. The molecule has 2 rings (SSSR count). The number of nitrogens with one attached hydrogen (secondary N) is 1. The zero-order valence-electron chi connectivity index (χ0n) is 9.62. The van der Waals surface area contributed by atoms with Crippen LogP contribution in [0.2, 0.25) is 0 Å². The van der Waals surface area contributed by atoms with Gasteiger partial charge in [-0.2, -0.15) is 0 Å². The molecule has 0 radical (unpaired) electrons. The second kappa shape index (κ2) is 4.72. The summed E-state index contributed by atoms with van der Waals surface area (Å²) in [6, 6.07) is 3.95. The Balaban J connectivity index is 2.46. The van der Waals surface area contributed by atoms with Crippen LogP contribution in [-0.2, 0) is 6.42 Å². The summed E-state index contributed by atoms with van der Waals surface area (Å²) >= 11 is 0. The molecule has 0 bridgehead atoms. The van der Waals surface area contributed by atoms with Crippen LogP contribution < -0.4 is 14.8 Å². The van der Waals surface area contributed by atoms with Crippen molar-refractivity contribution < 1.29 is 14.6 Å². The van der Waals surface area contributed by atoms with E-state index in [9.17, 15) is 5.11 Å². The molecule has 1 aliphatic rings. The quantitative estimate of drug-likeness (QED) is 0.798. The second-order valence-corrected chi connectivity index (χ2v) is 3.85. The van der Waals surface area contributed by atoms with E-state index in [-0.39, 0.29) is 12.6 Å². The Labute approximate surface area is 95.2 Å². The maximum Gasteiger partial charge on any atom is 0.161 e. The number of aliphatic hydroxyl groups excluding tert-OH is 1. The molecule has 0 spiro atoms. The minimum absolute atomic E-state index is 0.00329. The van der Waals surface area contributed by atoms with Gasteiger partial charge in [-0.15, -0.1) is 0 Å². The Hall–Kier alpha value is -1.26. The van der Waals surface area contributed by atoms with Crippen molar-refractivity contribution in [1.29, 1.82) is 0 Å². The molecule has 0 saturated heterocycles. The van der Waals surface area contributed by atoms with E-state index >= 15 is 0 Å². The standard InChI is InChI=1S/C12H17NO3/c1-15-11-5-8-3-4-13-10(7-14)9(8)6-12(11)16-2/h5-6,10,13-14H,3-4,7H2,1-2H3/t10-/m1/s1. The molecule has 0 amide bonds. The number of methoxy groups -OCH3 is 2. The van der Waals surface area contributed by atoms with Crippen molar-refractivity contribution in [3.63, 3.8) is 0 Å². The summed E-state index contributed by atoms with van der Waals surface area (Å²) in [5, 5.41) is 12.6. The molecule has 1 aromatic carbocycles. The van der Waals surface area contributed by atoms with Crippen LogP contribution in [0.15, 0.2) is 12.1 Å². The summed E-state index contributed by atoms with van der Waals surface area (Å²) in [5.74, 6) is 1.46. The molecule has 1 heterocycles. The van der Waals surface area contributed by atoms with Gasteiger partial charge in [0.25, 0.3) is 0 Å². The zero-order chi connectivity index (χ0) is 11.5. The smallest absolute Gasteiger partial charge is 0.161 e. The maximum atomic E-state index is 9.29. The van der Waals surface area contributed by atoms with Gasteiger partial charge in [-0.05, 0) is 36.2 Å². The average molecular weight is 223 g/mol. The maximum absolute atomic E-state index is 9.29. The summed E-state index contributed by atoms with van der Waals surface area (Å²) in [7, 11) is 3.25. The van der Waals surface area contributed by atoms with Crippen molar-refractivity contribution in [2.75, 3.05) is 27.4 Å². The monoisotopic (exact) mass is 223 g/mol. The van der Waals surface area contributed by atoms with Crippen molar-refractivity contribution in [2.45, 2.75) is 12.5 Å². The fraction of sp³-hybridized carbons (Fsp3) is 0.500. The average Bonchev–Trinajstić information content (AvgIpc) is 2.36. The van der Waals surface area contributed by atoms with Crippen molar-refractivity contribution in [2.24, 2.45) is 0 Å². The second-order valence-electron chi connectivity index (χ2n) is 3.85. The van der Waals surface area contributed by atoms with E-state index < -0.39 is 0 Å². The van der Waals surface area contributed by atoms with Crippen LogP contribution in [0.4, 0.5) is 0 Å². The number of benzene rings is 1. The van der Waals surface area contributed by atoms with Gasteiger partial charge in [0, 0.05) is 0 Å². The molecule has 1 aliphatic heterocycles. The lowest BCUT2D eigenvalue weighted by Gasteiger charge is -2.26. The fourth-order valence-corrected chi connectivity index (χ4v) is 2.13. The highest BCUT2D eigenvalue weighted by Gasteiger charge is 2.21. The SMILES string of the molecule is COc1cc2c(cc1OC)[C@@H](CO)NCC2. The number of ether oxygens (including phenoxy) is 2. The summed E-state index contributed by atoms with van der Waals surface area (Å²) in [6.45, 7) is 0.982. The van der Waals surface area contributed by atoms with E-state index in [1.165, 1.54) is 5.56 Å². The number of fused-ring (bicyclic) bond motifs is 1. The number of aliphatic hydroxyl groups is 1. The summed E-state index contributed by atoms with van der Waals surface area (Å²) in [6.07, 6.45) is 0.951. The molecule has 4 nitrogen and oxygen atoms in total. The van der Waals surface area contributed by atoms with Gasteiger partial charge >= 0.3 is 0 Å². The highest BCUT2D eigenvalue weighted by atomic mass is 16.5. The largest absolute Gasteiger partial charge is 0.493 e. The number of rotatable bonds is 3. The van der Waals surface area contributed by atoms with Crippen molar-refractivity contribution in [1.82, 2.24) is 5.32 Å². The minimum atomic E-state index is 0.00329. The third kappa shape index (κ3) is 1.86. The van der Waals surface area contributed by atoms with Crippen molar-refractivity contribution in [3.8, 4) is 11.5 Å². The van der Waals surface area contributed by atoms with E-state index in [1.54, 1.807) is 14.2 Å². The third-order valence-electron chi connectivity index (χ3n) is 2.99. The predicted octanol–water partition coefficient (Wildman–Crippen LogP) is 0.883. The molecule has 1 atom stereocenters. The molecular weight excluding hydrogens is 206 g/mol. The Morgan fingerprint density at radius 1 is 1.31 bits per heavy atom. The Morgan fingerprint density at radius 2 is 2.00 bits per heavy atom. The molecule has 0 aromatic heterocycles. The number of hydrogen-bond acceptors (Lipinski definition) is 4. The van der Waals surface area contributed by atoms with Gasteiger partial charge in [0.15, 0.2) is 11.5 Å². The lowest BCUT2D eigenvalue weighted by atomic mass is 9.94. The molecule has 1 aromatic rings. The lowest BCUT2D eigenvalue weighted by Crippen LogP contribution is -2.32. The van der Waals surface area contributed by atoms with E-state index in [0.29, 0.717) is 5.75 Å². The molecule has 0 saturated carbocycles. The minimum Gasteiger partial charge on any atom is -0.493 e. The first kappa shape index (κ1) is 11.2. The van der Waals surface area contributed by atoms with Crippen LogP contribution >= 0.6 is 0 Å². The first-order valence-electron chi connectivity index (χ1n) is 5.39. The van der Waals surface area contributed by atoms with Crippen LogP contribution in [0.1, 0.15) is 17.2 Å². The molecular formula is C12H17NO3. The predicted molar refractivity (Wildman–Crippen MR) is 61.1 cm³/mol. The Bertz CT molecular complexity index is 379. The first-order valence-corrected chi connectivity index (χ1v) is 5.39. The van der Waals surface area contributed by atoms with Crippen LogP contribution in [0.5, 0.6) is 11.5 Å². The fourth-order valence-electron chi connectivity index (χ4n) is 2.13. The third-order valence-corrected chi connectivity index (χ3v) is 2.99. The summed E-state index contributed by atoms with van der Waals surface area (Å²) in [4.78, 5) is 0. The van der Waals surface area contributed by atoms with E-state index in [0.717, 1.165) is 24.3 Å². The highest BCUT2D eigenvalue weighted by molar-refractivity contribution is 5.49. The van der Waals surface area contributed by atoms with Gasteiger partial charge < -0.3 is 19.9 Å². The number of hydrogen-bond donors (Lipinski definition) is 2. The Kier molecular flexibility index (Phi) is 3.31. The zero-order valence-corrected chi connectivity index (χ0v) is 9.62. The van der Waals surface area contributed by atoms with E-state index in [4.69, 9.17) is 9.47 Å². The molecule has 0 fully saturated rings. The molecule has 4 heteroatoms. The van der Waals surface area contributed by atoms with Gasteiger partial charge in [0.1, 0.15) is 0 Å². The molecule has 2 N–H and O–H groups in total. The van der Waals surface area contributed by atoms with Crippen LogP contribution in [0.3, 0.4) is 0 Å². The Morgan fingerprint density at radius 3 is 2.62 bits per heavy atom. The molecule has 0 aliphatic carbocycles. The van der Waals surface area contributed by atoms with Crippen LogP contribution in [-0.4, -0.2) is 32.5 Å². The highest BCUT2D eigenvalue weighted by Crippen LogP contribution is 2.34. The topological polar surface area (TPSA) is 50.7 Å². The van der Waals surface area contributed by atoms with E-state index in [1.807, 2.05) is 12.1 Å². The van der Waals surface area contributed by atoms with Crippen molar-refractivity contribution in [3.05, 3.63) is 23.3 Å². The van der Waals surface area contributed by atoms with Gasteiger partial charge in [-0.3, -0.25) is 0 Å². The van der Waals surface area contributed by atoms with Crippen LogP contribution in [0.25, 0.3) is 0 Å². The van der Waals surface area contributed by atoms with Gasteiger partial charge in [-0.25, -0.2) is 0 Å². The van der Waals surface area contributed by atoms with Gasteiger partial charge in [0.2, 0.25) is 0 Å². The normalized spacial score (nSPS) is 19.1. The molecule has 0 unspecified atom stereocenters. The molecule has 16 heavy (non-hydrogen) atoms. The first-order chi connectivity index (χ1) is 7.80. The van der Waals surface area contributed by atoms with Crippen LogP contribution in [0, 0.1) is 0 Å². The van der Waals surface area contributed by atoms with E-state index in [2.05, 4.69) is 5.32 Å². The summed E-state index contributed by atoms with van der Waals surface area (Å²) < 4.78 is 10.5. The van der Waals surface area contributed by atoms with Gasteiger partial charge in [0.05, 0.1) is 26.9 Å². The lowest BCUT2D eigenvalue weighted by molar-refractivity contribution is 0.239. The van der Waals surface area contributed by atoms with Gasteiger partial charge in [-0.1, -0.05) is 0 Å². The van der Waals surface area contributed by atoms with Crippen molar-refractivity contribution >= 4 is 0 Å².